The van der Waals surface area contributed by atoms with E-state index in [1.165, 1.54) is 17.0 Å². The van der Waals surface area contributed by atoms with E-state index >= 15 is 0 Å². The molecule has 4 nitrogen and oxygen atoms in total. The van der Waals surface area contributed by atoms with Crippen molar-refractivity contribution in [2.75, 3.05) is 14.1 Å². The molecule has 0 aliphatic rings. The molecular formula is C16H17F2N3O. The van der Waals surface area contributed by atoms with Crippen molar-refractivity contribution < 1.29 is 13.6 Å². The summed E-state index contributed by atoms with van der Waals surface area (Å²) in [6, 6.07) is 8.15. The van der Waals surface area contributed by atoms with E-state index < -0.39 is 17.7 Å². The lowest BCUT2D eigenvalue weighted by atomic mass is 10.1. The minimum Gasteiger partial charge on any atom is -0.347 e. The highest BCUT2D eigenvalue weighted by Crippen LogP contribution is 2.23. The van der Waals surface area contributed by atoms with Gasteiger partial charge in [0.25, 0.3) is 0 Å². The Morgan fingerprint density at radius 1 is 1.23 bits per heavy atom. The van der Waals surface area contributed by atoms with Gasteiger partial charge in [-0.15, -0.1) is 0 Å². The molecule has 2 aromatic rings. The summed E-state index contributed by atoms with van der Waals surface area (Å²) in [4.78, 5) is 17.4. The number of nitrogens with two attached hydrogens (primary N) is 1. The van der Waals surface area contributed by atoms with E-state index in [9.17, 15) is 13.6 Å². The molecule has 116 valence electrons. The van der Waals surface area contributed by atoms with Crippen LogP contribution in [0.3, 0.4) is 0 Å². The van der Waals surface area contributed by atoms with Crippen LogP contribution in [0.5, 0.6) is 0 Å². The maximum Gasteiger partial charge on any atom is 0.239 e. The molecule has 1 heterocycles. The van der Waals surface area contributed by atoms with Gasteiger partial charge < -0.3 is 10.6 Å². The fourth-order valence-electron chi connectivity index (χ4n) is 2.09. The number of hydrogen-bond donors (Lipinski definition) is 1. The smallest absolute Gasteiger partial charge is 0.239 e. The lowest BCUT2D eigenvalue weighted by molar-refractivity contribution is -0.130. The Balaban J connectivity index is 2.27. The van der Waals surface area contributed by atoms with Gasteiger partial charge in [-0.3, -0.25) is 9.78 Å². The highest BCUT2D eigenvalue weighted by Gasteiger charge is 2.17. The Kier molecular flexibility index (Phi) is 4.82. The molecule has 1 amide bonds. The number of benzene rings is 1. The van der Waals surface area contributed by atoms with Gasteiger partial charge in [-0.2, -0.15) is 0 Å². The number of hydrogen-bond acceptors (Lipinski definition) is 3. The number of amides is 1. The second-order valence-electron chi connectivity index (χ2n) is 5.16. The number of rotatable bonds is 4. The number of halogens is 2. The van der Waals surface area contributed by atoms with E-state index in [2.05, 4.69) is 4.98 Å². The largest absolute Gasteiger partial charge is 0.347 e. The molecule has 6 heteroatoms. The van der Waals surface area contributed by atoms with Crippen LogP contribution in [0.1, 0.15) is 5.69 Å². The maximum atomic E-state index is 13.8. The molecule has 0 aliphatic heterocycles. The molecule has 0 radical (unpaired) electrons. The number of pyridine rings is 1. The van der Waals surface area contributed by atoms with Crippen LogP contribution in [0.4, 0.5) is 8.78 Å². The predicted octanol–water partition coefficient (Wildman–Crippen LogP) is 1.98. The zero-order valence-corrected chi connectivity index (χ0v) is 12.4. The first-order valence-corrected chi connectivity index (χ1v) is 6.77. The molecule has 0 bridgehead atoms. The van der Waals surface area contributed by atoms with Gasteiger partial charge in [0, 0.05) is 31.8 Å². The molecule has 1 aromatic carbocycles. The van der Waals surface area contributed by atoms with E-state index in [-0.39, 0.29) is 17.9 Å². The second-order valence-corrected chi connectivity index (χ2v) is 5.16. The number of carbonyl (C=O) groups is 1. The van der Waals surface area contributed by atoms with Gasteiger partial charge in [-0.1, -0.05) is 12.1 Å². The summed E-state index contributed by atoms with van der Waals surface area (Å²) < 4.78 is 27.1. The third kappa shape index (κ3) is 3.46. The van der Waals surface area contributed by atoms with Gasteiger partial charge in [0.05, 0.1) is 11.7 Å². The first-order chi connectivity index (χ1) is 10.4. The molecule has 2 N–H and O–H groups in total. The Bertz CT molecular complexity index is 689. The van der Waals surface area contributed by atoms with Crippen molar-refractivity contribution in [2.24, 2.45) is 5.73 Å². The quantitative estimate of drug-likeness (QED) is 0.939. The average Bonchev–Trinajstić information content (AvgIpc) is 2.49. The number of carbonyl (C=O) groups excluding carboxylic acids is 1. The third-order valence-electron chi connectivity index (χ3n) is 3.22. The lowest BCUT2D eigenvalue weighted by Crippen LogP contribution is -2.41. The first-order valence-electron chi connectivity index (χ1n) is 6.77. The van der Waals surface area contributed by atoms with Gasteiger partial charge >= 0.3 is 0 Å². The molecule has 0 saturated carbocycles. The van der Waals surface area contributed by atoms with Crippen molar-refractivity contribution >= 4 is 5.91 Å². The molecule has 1 aromatic heterocycles. The van der Waals surface area contributed by atoms with Crippen LogP contribution in [-0.2, 0) is 11.2 Å². The van der Waals surface area contributed by atoms with E-state index in [1.54, 1.807) is 32.3 Å². The van der Waals surface area contributed by atoms with Crippen LogP contribution in [-0.4, -0.2) is 35.9 Å². The van der Waals surface area contributed by atoms with Crippen LogP contribution in [0.15, 0.2) is 36.4 Å². The van der Waals surface area contributed by atoms with Crippen LogP contribution >= 0.6 is 0 Å². The van der Waals surface area contributed by atoms with Gasteiger partial charge in [0.1, 0.15) is 0 Å². The fourth-order valence-corrected chi connectivity index (χ4v) is 2.09. The minimum atomic E-state index is -0.944. The van der Waals surface area contributed by atoms with E-state index in [4.69, 9.17) is 5.73 Å². The number of likely N-dealkylation sites (N-methyl/N-ethyl adjacent to an activating group) is 1. The summed E-state index contributed by atoms with van der Waals surface area (Å²) in [5, 5.41) is 0. The molecule has 0 spiro atoms. The van der Waals surface area contributed by atoms with Crippen LogP contribution in [0, 0.1) is 11.6 Å². The van der Waals surface area contributed by atoms with E-state index in [0.717, 1.165) is 6.07 Å². The van der Waals surface area contributed by atoms with Gasteiger partial charge in [0.15, 0.2) is 11.6 Å². The van der Waals surface area contributed by atoms with E-state index in [0.29, 0.717) is 11.4 Å². The zero-order chi connectivity index (χ0) is 16.3. The van der Waals surface area contributed by atoms with Crippen molar-refractivity contribution in [3.05, 3.63) is 53.7 Å². The SMILES string of the molecule is CN(C)C(=O)C(N)Cc1cccc(-c2cccc(F)c2F)n1. The standard InChI is InChI=1S/C16H17F2N3O/c1-21(2)16(22)13(19)9-10-5-3-8-14(20-10)11-6-4-7-12(17)15(11)18/h3-8,13H,9,19H2,1-2H3. The summed E-state index contributed by atoms with van der Waals surface area (Å²) in [6.45, 7) is 0. The maximum absolute atomic E-state index is 13.8. The van der Waals surface area contributed by atoms with Crippen molar-refractivity contribution in [1.82, 2.24) is 9.88 Å². The highest BCUT2D eigenvalue weighted by atomic mass is 19.2. The second kappa shape index (κ2) is 6.62. The Morgan fingerprint density at radius 2 is 1.91 bits per heavy atom. The topological polar surface area (TPSA) is 59.2 Å². The first kappa shape index (κ1) is 16.0. The monoisotopic (exact) mass is 305 g/mol. The molecule has 0 aliphatic carbocycles. The zero-order valence-electron chi connectivity index (χ0n) is 12.4. The van der Waals surface area contributed by atoms with Crippen LogP contribution in [0.2, 0.25) is 0 Å². The van der Waals surface area contributed by atoms with Crippen LogP contribution in [0.25, 0.3) is 11.3 Å². The fraction of sp³-hybridized carbons (Fsp3) is 0.250. The Labute approximate surface area is 127 Å². The van der Waals surface area contributed by atoms with Crippen molar-refractivity contribution in [2.45, 2.75) is 12.5 Å². The molecule has 1 unspecified atom stereocenters. The normalized spacial score (nSPS) is 12.0. The molecular weight excluding hydrogens is 288 g/mol. The molecule has 0 fully saturated rings. The van der Waals surface area contributed by atoms with Crippen molar-refractivity contribution in [1.29, 1.82) is 0 Å². The lowest BCUT2D eigenvalue weighted by Gasteiger charge is -2.16. The van der Waals surface area contributed by atoms with Gasteiger partial charge in [-0.05, 0) is 24.3 Å². The molecule has 0 saturated heterocycles. The van der Waals surface area contributed by atoms with Crippen LogP contribution < -0.4 is 5.73 Å². The Morgan fingerprint density at radius 3 is 2.59 bits per heavy atom. The number of aromatic nitrogens is 1. The van der Waals surface area contributed by atoms with Gasteiger partial charge in [0.2, 0.25) is 5.91 Å². The summed E-state index contributed by atoms with van der Waals surface area (Å²) in [5.74, 6) is -2.09. The van der Waals surface area contributed by atoms with E-state index in [1.807, 2.05) is 0 Å². The third-order valence-corrected chi connectivity index (χ3v) is 3.22. The van der Waals surface area contributed by atoms with Crippen molar-refractivity contribution in [3.63, 3.8) is 0 Å². The predicted molar refractivity (Wildman–Crippen MR) is 80.0 cm³/mol. The molecule has 1 atom stereocenters. The van der Waals surface area contributed by atoms with Crippen molar-refractivity contribution in [3.8, 4) is 11.3 Å². The minimum absolute atomic E-state index is 0.0781. The summed E-state index contributed by atoms with van der Waals surface area (Å²) in [5.41, 5.74) is 6.76. The number of nitrogens with zero attached hydrogens (tertiary/aromatic N) is 2. The highest BCUT2D eigenvalue weighted by molar-refractivity contribution is 5.81. The Hall–Kier alpha value is -2.34. The summed E-state index contributed by atoms with van der Waals surface area (Å²) in [7, 11) is 3.24. The summed E-state index contributed by atoms with van der Waals surface area (Å²) >= 11 is 0. The van der Waals surface area contributed by atoms with Gasteiger partial charge in [-0.25, -0.2) is 8.78 Å². The summed E-state index contributed by atoms with van der Waals surface area (Å²) in [6.07, 6.45) is 0.224. The molecule has 2 rings (SSSR count). The molecule has 22 heavy (non-hydrogen) atoms. The average molecular weight is 305 g/mol.